The van der Waals surface area contributed by atoms with Gasteiger partial charge in [0.15, 0.2) is 17.5 Å². The summed E-state index contributed by atoms with van der Waals surface area (Å²) in [6.07, 6.45) is 0. The molecule has 0 aromatic heterocycles. The van der Waals surface area contributed by atoms with Crippen LogP contribution in [0.25, 0.3) is 0 Å². The van der Waals surface area contributed by atoms with Crippen molar-refractivity contribution in [2.45, 2.75) is 4.90 Å². The van der Waals surface area contributed by atoms with Gasteiger partial charge in [0.2, 0.25) is 0 Å². The van der Waals surface area contributed by atoms with Gasteiger partial charge in [-0.2, -0.15) is 0 Å². The van der Waals surface area contributed by atoms with Crippen molar-refractivity contribution in [3.8, 4) is 0 Å². The first-order chi connectivity index (χ1) is 9.70. The van der Waals surface area contributed by atoms with E-state index in [0.717, 1.165) is 6.07 Å². The summed E-state index contributed by atoms with van der Waals surface area (Å²) >= 11 is 5.68. The Bertz CT molecular complexity index is 789. The predicted octanol–water partition coefficient (Wildman–Crippen LogP) is 3.14. The molecule has 2 rings (SSSR count). The van der Waals surface area contributed by atoms with Crippen molar-refractivity contribution < 1.29 is 21.6 Å². The number of sulfonamides is 1. The number of rotatable bonds is 3. The minimum atomic E-state index is -4.23. The fourth-order valence-electron chi connectivity index (χ4n) is 1.57. The zero-order valence-corrected chi connectivity index (χ0v) is 11.8. The van der Waals surface area contributed by atoms with Gasteiger partial charge in [0.05, 0.1) is 11.4 Å². The van der Waals surface area contributed by atoms with Gasteiger partial charge >= 0.3 is 0 Å². The van der Waals surface area contributed by atoms with Crippen molar-refractivity contribution in [1.82, 2.24) is 0 Å². The van der Waals surface area contributed by atoms with Crippen molar-refractivity contribution in [3.63, 3.8) is 0 Å². The molecule has 0 spiro atoms. The van der Waals surface area contributed by atoms with Crippen LogP contribution in [0.15, 0.2) is 35.2 Å². The molecule has 0 unspecified atom stereocenters. The van der Waals surface area contributed by atoms with Crippen molar-refractivity contribution in [3.05, 3.63) is 52.8 Å². The molecule has 0 aliphatic rings. The first kappa shape index (κ1) is 15.5. The van der Waals surface area contributed by atoms with Crippen LogP contribution in [0.2, 0.25) is 5.02 Å². The Labute approximate surface area is 123 Å². The number of anilines is 2. The maximum atomic E-state index is 13.1. The number of hydrogen-bond donors (Lipinski definition) is 2. The van der Waals surface area contributed by atoms with Crippen LogP contribution >= 0.6 is 11.6 Å². The molecule has 0 amide bonds. The van der Waals surface area contributed by atoms with Crippen LogP contribution in [0.3, 0.4) is 0 Å². The van der Waals surface area contributed by atoms with E-state index in [1.165, 1.54) is 12.1 Å². The Balaban J connectivity index is 2.45. The molecule has 2 aromatic rings. The van der Waals surface area contributed by atoms with Crippen LogP contribution in [-0.4, -0.2) is 8.42 Å². The Kier molecular flexibility index (Phi) is 4.02. The SMILES string of the molecule is Nc1ccc(Cl)cc1S(=O)(=O)Nc1cc(F)c(F)c(F)c1. The number of hydrogen-bond acceptors (Lipinski definition) is 3. The van der Waals surface area contributed by atoms with E-state index in [2.05, 4.69) is 0 Å². The van der Waals surface area contributed by atoms with E-state index in [4.69, 9.17) is 17.3 Å². The zero-order chi connectivity index (χ0) is 15.8. The molecule has 0 heterocycles. The summed E-state index contributed by atoms with van der Waals surface area (Å²) in [5.74, 6) is -4.74. The normalized spacial score (nSPS) is 11.4. The number of benzene rings is 2. The topological polar surface area (TPSA) is 72.2 Å². The Morgan fingerprint density at radius 3 is 2.19 bits per heavy atom. The smallest absolute Gasteiger partial charge is 0.263 e. The standard InChI is InChI=1S/C12H8ClF3N2O2S/c13-6-1-2-10(17)11(3-6)21(19,20)18-7-4-8(14)12(16)9(15)5-7/h1-5,18H,17H2. The second-order valence-corrected chi connectivity index (χ2v) is 6.13. The lowest BCUT2D eigenvalue weighted by molar-refractivity contribution is 0.448. The van der Waals surface area contributed by atoms with Crippen molar-refractivity contribution >= 4 is 33.0 Å². The van der Waals surface area contributed by atoms with Gasteiger partial charge in [-0.05, 0) is 18.2 Å². The highest BCUT2D eigenvalue weighted by Gasteiger charge is 2.20. The molecule has 4 nitrogen and oxygen atoms in total. The molecular weight excluding hydrogens is 329 g/mol. The average molecular weight is 337 g/mol. The summed E-state index contributed by atoms with van der Waals surface area (Å²) in [7, 11) is -4.23. The molecule has 112 valence electrons. The molecule has 0 saturated heterocycles. The van der Waals surface area contributed by atoms with E-state index < -0.39 is 33.2 Å². The van der Waals surface area contributed by atoms with Crippen molar-refractivity contribution in [1.29, 1.82) is 0 Å². The lowest BCUT2D eigenvalue weighted by atomic mass is 10.3. The highest BCUT2D eigenvalue weighted by atomic mass is 35.5. The van der Waals surface area contributed by atoms with Crippen molar-refractivity contribution in [2.75, 3.05) is 10.5 Å². The lowest BCUT2D eigenvalue weighted by Gasteiger charge is -2.11. The molecule has 0 fully saturated rings. The molecule has 2 aromatic carbocycles. The summed E-state index contributed by atoms with van der Waals surface area (Å²) in [5.41, 5.74) is 4.94. The van der Waals surface area contributed by atoms with E-state index in [0.29, 0.717) is 12.1 Å². The Morgan fingerprint density at radius 1 is 1.05 bits per heavy atom. The Hall–Kier alpha value is -1.93. The monoisotopic (exact) mass is 336 g/mol. The van der Waals surface area contributed by atoms with Crippen molar-refractivity contribution in [2.24, 2.45) is 0 Å². The van der Waals surface area contributed by atoms with E-state index in [9.17, 15) is 21.6 Å². The Morgan fingerprint density at radius 2 is 1.62 bits per heavy atom. The minimum Gasteiger partial charge on any atom is -0.398 e. The molecule has 9 heteroatoms. The first-order valence-corrected chi connectivity index (χ1v) is 7.29. The largest absolute Gasteiger partial charge is 0.398 e. The third-order valence-electron chi connectivity index (χ3n) is 2.50. The van der Waals surface area contributed by atoms with E-state index >= 15 is 0 Å². The van der Waals surface area contributed by atoms with Gasteiger partial charge in [-0.1, -0.05) is 11.6 Å². The molecule has 0 saturated carbocycles. The van der Waals surface area contributed by atoms with E-state index in [-0.39, 0.29) is 15.6 Å². The molecule has 3 N–H and O–H groups in total. The fraction of sp³-hybridized carbons (Fsp3) is 0. The highest BCUT2D eigenvalue weighted by molar-refractivity contribution is 7.92. The number of nitrogens with one attached hydrogen (secondary N) is 1. The molecular formula is C12H8ClF3N2O2S. The zero-order valence-electron chi connectivity index (χ0n) is 10.2. The van der Waals surface area contributed by atoms with Gasteiger partial charge < -0.3 is 5.73 Å². The van der Waals surface area contributed by atoms with Gasteiger partial charge in [0, 0.05) is 17.2 Å². The number of halogens is 4. The molecule has 0 radical (unpaired) electrons. The quantitative estimate of drug-likeness (QED) is 0.668. The molecule has 0 aliphatic heterocycles. The summed E-state index contributed by atoms with van der Waals surface area (Å²) in [6.45, 7) is 0. The van der Waals surface area contributed by atoms with Crippen LogP contribution in [0.1, 0.15) is 0 Å². The average Bonchev–Trinajstić information content (AvgIpc) is 2.38. The number of nitrogen functional groups attached to an aromatic ring is 1. The summed E-state index contributed by atoms with van der Waals surface area (Å²) in [4.78, 5) is -0.361. The minimum absolute atomic E-state index is 0.102. The second kappa shape index (κ2) is 5.45. The maximum absolute atomic E-state index is 13.1. The fourth-order valence-corrected chi connectivity index (χ4v) is 3.00. The third-order valence-corrected chi connectivity index (χ3v) is 4.17. The van der Waals surface area contributed by atoms with Crippen LogP contribution in [0, 0.1) is 17.5 Å². The summed E-state index contributed by atoms with van der Waals surface area (Å²) in [6, 6.07) is 4.75. The van der Waals surface area contributed by atoms with Gasteiger partial charge in [0.1, 0.15) is 4.90 Å². The molecule has 0 atom stereocenters. The summed E-state index contributed by atoms with van der Waals surface area (Å²) in [5, 5.41) is 0.112. The van der Waals surface area contributed by atoms with Crippen LogP contribution in [0.5, 0.6) is 0 Å². The summed E-state index contributed by atoms with van der Waals surface area (Å²) < 4.78 is 65.0. The van der Waals surface area contributed by atoms with E-state index in [1.807, 2.05) is 4.72 Å². The third kappa shape index (κ3) is 3.22. The second-order valence-electron chi connectivity index (χ2n) is 4.04. The van der Waals surface area contributed by atoms with E-state index in [1.54, 1.807) is 0 Å². The molecule has 21 heavy (non-hydrogen) atoms. The lowest BCUT2D eigenvalue weighted by Crippen LogP contribution is -2.15. The maximum Gasteiger partial charge on any atom is 0.263 e. The van der Waals surface area contributed by atoms with Gasteiger partial charge in [-0.25, -0.2) is 21.6 Å². The molecule has 0 aliphatic carbocycles. The predicted molar refractivity (Wildman–Crippen MR) is 73.0 cm³/mol. The van der Waals surface area contributed by atoms with Crippen LogP contribution in [0.4, 0.5) is 24.5 Å². The van der Waals surface area contributed by atoms with Gasteiger partial charge in [-0.15, -0.1) is 0 Å². The first-order valence-electron chi connectivity index (χ1n) is 5.43. The molecule has 0 bridgehead atoms. The highest BCUT2D eigenvalue weighted by Crippen LogP contribution is 2.26. The van der Waals surface area contributed by atoms with Crippen LogP contribution < -0.4 is 10.5 Å². The van der Waals surface area contributed by atoms with Gasteiger partial charge in [0.25, 0.3) is 10.0 Å². The van der Waals surface area contributed by atoms with Crippen LogP contribution in [-0.2, 0) is 10.0 Å². The number of nitrogens with two attached hydrogens (primary N) is 1. The van der Waals surface area contributed by atoms with Gasteiger partial charge in [-0.3, -0.25) is 4.72 Å².